The fourth-order valence-electron chi connectivity index (χ4n) is 2.23. The van der Waals surface area contributed by atoms with Crippen LogP contribution in [0.2, 0.25) is 0 Å². The van der Waals surface area contributed by atoms with Crippen LogP contribution in [0.3, 0.4) is 0 Å². The molecule has 2 heteroatoms. The SMILES string of the molecule is CC1CNC[C@@H]2CCCN12. The number of hydrogen-bond acceptors (Lipinski definition) is 2. The molecular formula is C8H16N2. The number of hydrogen-bond donors (Lipinski definition) is 1. The van der Waals surface area contributed by atoms with Gasteiger partial charge in [-0.25, -0.2) is 0 Å². The highest BCUT2D eigenvalue weighted by Gasteiger charge is 2.30. The maximum Gasteiger partial charge on any atom is 0.0224 e. The fraction of sp³-hybridized carbons (Fsp3) is 1.00. The fourth-order valence-corrected chi connectivity index (χ4v) is 2.23. The van der Waals surface area contributed by atoms with Gasteiger partial charge in [0.25, 0.3) is 0 Å². The molecule has 0 saturated carbocycles. The molecule has 1 N–H and O–H groups in total. The largest absolute Gasteiger partial charge is 0.314 e. The van der Waals surface area contributed by atoms with Crippen LogP contribution in [-0.4, -0.2) is 36.6 Å². The molecule has 2 aliphatic rings. The van der Waals surface area contributed by atoms with Crippen LogP contribution in [0, 0.1) is 0 Å². The third kappa shape index (κ3) is 0.956. The Balaban J connectivity index is 2.03. The smallest absolute Gasteiger partial charge is 0.0224 e. The molecule has 2 aliphatic heterocycles. The van der Waals surface area contributed by atoms with Gasteiger partial charge in [0, 0.05) is 25.2 Å². The molecule has 2 atom stereocenters. The van der Waals surface area contributed by atoms with Gasteiger partial charge in [-0.1, -0.05) is 0 Å². The molecule has 0 aromatic carbocycles. The summed E-state index contributed by atoms with van der Waals surface area (Å²) in [4.78, 5) is 2.65. The van der Waals surface area contributed by atoms with E-state index in [1.807, 2.05) is 0 Å². The summed E-state index contributed by atoms with van der Waals surface area (Å²) in [5.41, 5.74) is 0. The molecule has 0 aliphatic carbocycles. The average molecular weight is 140 g/mol. The normalized spacial score (nSPS) is 41.7. The Bertz CT molecular complexity index is 124. The van der Waals surface area contributed by atoms with Gasteiger partial charge in [-0.3, -0.25) is 4.90 Å². The predicted molar refractivity (Wildman–Crippen MR) is 42.1 cm³/mol. The monoisotopic (exact) mass is 140 g/mol. The van der Waals surface area contributed by atoms with Crippen molar-refractivity contribution in [1.82, 2.24) is 10.2 Å². The van der Waals surface area contributed by atoms with Crippen molar-refractivity contribution in [3.8, 4) is 0 Å². The van der Waals surface area contributed by atoms with Gasteiger partial charge in [-0.05, 0) is 26.3 Å². The minimum Gasteiger partial charge on any atom is -0.314 e. The highest BCUT2D eigenvalue weighted by molar-refractivity contribution is 4.89. The number of nitrogens with one attached hydrogen (secondary N) is 1. The molecular weight excluding hydrogens is 124 g/mol. The molecule has 0 spiro atoms. The second kappa shape index (κ2) is 2.51. The number of fused-ring (bicyclic) bond motifs is 1. The molecule has 2 fully saturated rings. The van der Waals surface area contributed by atoms with E-state index in [0.29, 0.717) is 0 Å². The number of piperazine rings is 1. The molecule has 0 radical (unpaired) electrons. The highest BCUT2D eigenvalue weighted by Crippen LogP contribution is 2.21. The third-order valence-corrected chi connectivity index (χ3v) is 2.81. The first-order chi connectivity index (χ1) is 4.88. The van der Waals surface area contributed by atoms with Crippen LogP contribution in [0.15, 0.2) is 0 Å². The van der Waals surface area contributed by atoms with E-state index in [1.54, 1.807) is 0 Å². The average Bonchev–Trinajstić information content (AvgIpc) is 2.36. The van der Waals surface area contributed by atoms with Gasteiger partial charge in [0.1, 0.15) is 0 Å². The van der Waals surface area contributed by atoms with Crippen molar-refractivity contribution in [3.05, 3.63) is 0 Å². The van der Waals surface area contributed by atoms with Crippen molar-refractivity contribution in [3.63, 3.8) is 0 Å². The minimum absolute atomic E-state index is 0.779. The standard InChI is InChI=1S/C8H16N2/c1-7-5-9-6-8-3-2-4-10(7)8/h7-9H,2-6H2,1H3/t7?,8-/m0/s1. The van der Waals surface area contributed by atoms with Crippen molar-refractivity contribution in [2.75, 3.05) is 19.6 Å². The molecule has 0 aromatic rings. The molecule has 2 heterocycles. The number of nitrogens with zero attached hydrogens (tertiary/aromatic N) is 1. The van der Waals surface area contributed by atoms with Crippen LogP contribution in [0.1, 0.15) is 19.8 Å². The molecule has 2 saturated heterocycles. The van der Waals surface area contributed by atoms with Crippen LogP contribution in [0.25, 0.3) is 0 Å². The van der Waals surface area contributed by atoms with Crippen LogP contribution in [-0.2, 0) is 0 Å². The zero-order valence-corrected chi connectivity index (χ0v) is 6.64. The highest BCUT2D eigenvalue weighted by atomic mass is 15.3. The van der Waals surface area contributed by atoms with E-state index in [0.717, 1.165) is 12.1 Å². The van der Waals surface area contributed by atoms with Gasteiger partial charge in [0.05, 0.1) is 0 Å². The van der Waals surface area contributed by atoms with Gasteiger partial charge >= 0.3 is 0 Å². The van der Waals surface area contributed by atoms with Crippen molar-refractivity contribution in [2.45, 2.75) is 31.8 Å². The Labute approximate surface area is 62.6 Å². The van der Waals surface area contributed by atoms with E-state index < -0.39 is 0 Å². The molecule has 1 unspecified atom stereocenters. The lowest BCUT2D eigenvalue weighted by molar-refractivity contribution is 0.149. The summed E-state index contributed by atoms with van der Waals surface area (Å²) >= 11 is 0. The Morgan fingerprint density at radius 3 is 3.10 bits per heavy atom. The third-order valence-electron chi connectivity index (χ3n) is 2.81. The summed E-state index contributed by atoms with van der Waals surface area (Å²) in [7, 11) is 0. The lowest BCUT2D eigenvalue weighted by Gasteiger charge is -2.36. The van der Waals surface area contributed by atoms with E-state index >= 15 is 0 Å². The van der Waals surface area contributed by atoms with Crippen molar-refractivity contribution in [2.24, 2.45) is 0 Å². The summed E-state index contributed by atoms with van der Waals surface area (Å²) < 4.78 is 0. The number of rotatable bonds is 0. The Morgan fingerprint density at radius 1 is 1.40 bits per heavy atom. The first-order valence-corrected chi connectivity index (χ1v) is 4.34. The molecule has 0 aromatic heterocycles. The predicted octanol–water partition coefficient (Wildman–Crippen LogP) is 0.442. The summed E-state index contributed by atoms with van der Waals surface area (Å²) in [6, 6.07) is 1.64. The van der Waals surface area contributed by atoms with Crippen LogP contribution in [0.4, 0.5) is 0 Å². The maximum atomic E-state index is 3.46. The second-order valence-corrected chi connectivity index (χ2v) is 3.54. The maximum absolute atomic E-state index is 3.46. The summed E-state index contributed by atoms with van der Waals surface area (Å²) in [6.07, 6.45) is 2.83. The van der Waals surface area contributed by atoms with Crippen LogP contribution in [0.5, 0.6) is 0 Å². The Kier molecular flexibility index (Phi) is 1.66. The molecule has 58 valence electrons. The zero-order valence-electron chi connectivity index (χ0n) is 6.64. The van der Waals surface area contributed by atoms with E-state index in [-0.39, 0.29) is 0 Å². The van der Waals surface area contributed by atoms with Gasteiger partial charge in [-0.15, -0.1) is 0 Å². The van der Waals surface area contributed by atoms with E-state index in [9.17, 15) is 0 Å². The topological polar surface area (TPSA) is 15.3 Å². The lowest BCUT2D eigenvalue weighted by Crippen LogP contribution is -2.53. The summed E-state index contributed by atoms with van der Waals surface area (Å²) in [5.74, 6) is 0. The lowest BCUT2D eigenvalue weighted by atomic mass is 10.1. The van der Waals surface area contributed by atoms with Crippen molar-refractivity contribution >= 4 is 0 Å². The van der Waals surface area contributed by atoms with Gasteiger partial charge in [0.15, 0.2) is 0 Å². The van der Waals surface area contributed by atoms with Gasteiger partial charge in [-0.2, -0.15) is 0 Å². The van der Waals surface area contributed by atoms with Gasteiger partial charge in [0.2, 0.25) is 0 Å². The molecule has 0 bridgehead atoms. The molecule has 2 rings (SSSR count). The molecule has 0 amide bonds. The Morgan fingerprint density at radius 2 is 2.30 bits per heavy atom. The van der Waals surface area contributed by atoms with E-state index in [1.165, 1.54) is 32.5 Å². The second-order valence-electron chi connectivity index (χ2n) is 3.54. The van der Waals surface area contributed by atoms with Crippen LogP contribution < -0.4 is 5.32 Å². The molecule has 10 heavy (non-hydrogen) atoms. The van der Waals surface area contributed by atoms with Gasteiger partial charge < -0.3 is 5.32 Å². The molecule has 2 nitrogen and oxygen atoms in total. The van der Waals surface area contributed by atoms with E-state index in [4.69, 9.17) is 0 Å². The van der Waals surface area contributed by atoms with Crippen molar-refractivity contribution in [1.29, 1.82) is 0 Å². The van der Waals surface area contributed by atoms with E-state index in [2.05, 4.69) is 17.1 Å². The first-order valence-electron chi connectivity index (χ1n) is 4.34. The van der Waals surface area contributed by atoms with Crippen molar-refractivity contribution < 1.29 is 0 Å². The first kappa shape index (κ1) is 6.62. The minimum atomic E-state index is 0.779. The summed E-state index contributed by atoms with van der Waals surface area (Å²) in [5, 5.41) is 3.46. The van der Waals surface area contributed by atoms with Crippen LogP contribution >= 0.6 is 0 Å². The Hall–Kier alpha value is -0.0800. The quantitative estimate of drug-likeness (QED) is 0.525. The summed E-state index contributed by atoms with van der Waals surface area (Å²) in [6.45, 7) is 6.08. The zero-order chi connectivity index (χ0) is 6.97.